The lowest BCUT2D eigenvalue weighted by Gasteiger charge is -2.34. The van der Waals surface area contributed by atoms with Crippen LogP contribution in [0.2, 0.25) is 0 Å². The van der Waals surface area contributed by atoms with E-state index in [0.717, 1.165) is 0 Å². The van der Waals surface area contributed by atoms with Crippen molar-refractivity contribution in [1.29, 1.82) is 0 Å². The van der Waals surface area contributed by atoms with Gasteiger partial charge in [-0.2, -0.15) is 0 Å². The maximum absolute atomic E-state index is 13.4. The van der Waals surface area contributed by atoms with Gasteiger partial charge in [0.15, 0.2) is 23.7 Å². The molecule has 276 valence electrons. The zero-order chi connectivity index (χ0) is 37.0. The van der Waals surface area contributed by atoms with Crippen LogP contribution in [0, 0.1) is 0 Å². The van der Waals surface area contributed by atoms with Gasteiger partial charge < -0.3 is 49.7 Å². The number of hydrogen-bond donors (Lipinski definition) is 4. The van der Waals surface area contributed by atoms with E-state index in [-0.39, 0.29) is 33.0 Å². The quantitative estimate of drug-likeness (QED) is 0.155. The van der Waals surface area contributed by atoms with Crippen molar-refractivity contribution in [3.8, 4) is 0 Å². The second kappa shape index (κ2) is 17.5. The minimum Gasteiger partial charge on any atom is -0.453 e. The summed E-state index contributed by atoms with van der Waals surface area (Å²) in [5.41, 5.74) is 1.00. The van der Waals surface area contributed by atoms with Gasteiger partial charge >= 0.3 is 24.4 Å². The average Bonchev–Trinajstić information content (AvgIpc) is 3.53. The zero-order valence-corrected chi connectivity index (χ0v) is 30.0. The lowest BCUT2D eigenvalue weighted by molar-refractivity contribution is 0.0393. The Kier molecular flexibility index (Phi) is 13.2. The first-order chi connectivity index (χ1) is 24.2. The molecule has 2 aromatic rings. The molecule has 0 saturated carbocycles. The number of benzene rings is 2. The van der Waals surface area contributed by atoms with Gasteiger partial charge in [0, 0.05) is 26.2 Å². The summed E-state index contributed by atoms with van der Waals surface area (Å²) in [5, 5.41) is 10.7. The molecule has 4 N–H and O–H groups in total. The molecule has 2 aromatic carbocycles. The Morgan fingerprint density at radius 1 is 0.569 bits per heavy atom. The van der Waals surface area contributed by atoms with E-state index in [2.05, 4.69) is 21.3 Å². The zero-order valence-electron chi connectivity index (χ0n) is 30.0. The Morgan fingerprint density at radius 2 is 0.902 bits per heavy atom. The van der Waals surface area contributed by atoms with Gasteiger partial charge in [0.2, 0.25) is 6.79 Å². The number of carbonyl (C=O) groups is 4. The fraction of sp³-hybridized carbons (Fsp3) is 0.459. The molecule has 2 unspecified atom stereocenters. The number of alkyl carbamates (subject to hydrolysis) is 4. The monoisotopic (exact) mass is 708 g/mol. The molecule has 1 heterocycles. The minimum absolute atomic E-state index is 0.0928. The summed E-state index contributed by atoms with van der Waals surface area (Å²) in [5.74, 6) is 0.737. The molecule has 1 saturated heterocycles. The number of amides is 4. The highest BCUT2D eigenvalue weighted by Crippen LogP contribution is 2.46. The van der Waals surface area contributed by atoms with Crippen LogP contribution < -0.4 is 21.3 Å². The van der Waals surface area contributed by atoms with Crippen molar-refractivity contribution < 1.29 is 47.6 Å². The van der Waals surface area contributed by atoms with E-state index in [4.69, 9.17) is 28.4 Å². The highest BCUT2D eigenvalue weighted by Gasteiger charge is 2.47. The molecule has 14 heteroatoms. The van der Waals surface area contributed by atoms with Crippen LogP contribution in [0.15, 0.2) is 72.2 Å². The largest absolute Gasteiger partial charge is 0.453 e. The van der Waals surface area contributed by atoms with Crippen molar-refractivity contribution in [3.63, 3.8) is 0 Å². The predicted molar refractivity (Wildman–Crippen MR) is 188 cm³/mol. The summed E-state index contributed by atoms with van der Waals surface area (Å²) in [6.07, 6.45) is -4.20. The summed E-state index contributed by atoms with van der Waals surface area (Å²) in [7, 11) is 0. The molecule has 51 heavy (non-hydrogen) atoms. The van der Waals surface area contributed by atoms with Gasteiger partial charge in [0.1, 0.15) is 11.2 Å². The molecular weight excluding hydrogens is 660 g/mol. The van der Waals surface area contributed by atoms with Crippen LogP contribution in [0.4, 0.5) is 19.2 Å². The third kappa shape index (κ3) is 11.9. The van der Waals surface area contributed by atoms with Crippen LogP contribution in [-0.2, 0) is 28.4 Å². The lowest BCUT2D eigenvalue weighted by atomic mass is 9.83. The van der Waals surface area contributed by atoms with E-state index >= 15 is 0 Å². The van der Waals surface area contributed by atoms with Crippen LogP contribution in [0.3, 0.4) is 0 Å². The molecule has 2 atom stereocenters. The van der Waals surface area contributed by atoms with Crippen molar-refractivity contribution >= 4 is 35.5 Å². The van der Waals surface area contributed by atoms with E-state index in [1.54, 1.807) is 41.5 Å². The van der Waals surface area contributed by atoms with Gasteiger partial charge in [0.25, 0.3) is 0 Å². The van der Waals surface area contributed by atoms with Crippen LogP contribution in [-0.4, -0.2) is 80.8 Å². The highest BCUT2D eigenvalue weighted by atomic mass is 16.7. The molecule has 1 fully saturated rings. The molecule has 1 aliphatic carbocycles. The molecule has 4 amide bonds. The van der Waals surface area contributed by atoms with Crippen LogP contribution >= 0.6 is 0 Å². The van der Waals surface area contributed by atoms with Gasteiger partial charge in [-0.15, -0.1) is 0 Å². The molecule has 1 aliphatic heterocycles. The Labute approximate surface area is 298 Å². The molecule has 4 rings (SSSR count). The number of fused-ring (bicyclic) bond motifs is 1. The summed E-state index contributed by atoms with van der Waals surface area (Å²) in [6, 6.07) is 18.4. The van der Waals surface area contributed by atoms with Crippen molar-refractivity contribution in [2.45, 2.75) is 77.8 Å². The topological polar surface area (TPSA) is 172 Å². The third-order valence-electron chi connectivity index (χ3n) is 7.17. The first-order valence-electron chi connectivity index (χ1n) is 16.9. The second-order valence-electron chi connectivity index (χ2n) is 13.7. The van der Waals surface area contributed by atoms with Gasteiger partial charge in [-0.1, -0.05) is 60.7 Å². The van der Waals surface area contributed by atoms with Gasteiger partial charge in [0.05, 0.1) is 11.1 Å². The predicted octanol–water partition coefficient (Wildman–Crippen LogP) is 5.85. The minimum atomic E-state index is -1.16. The molecule has 0 aromatic heterocycles. The normalized spacial score (nSPS) is 16.9. The molecule has 0 spiro atoms. The standard InChI is InChI=1S/C37H48N4O10/c1-36(2,3)50-34(44)40-21-13-19-38-32(42)48-30-26(24-15-9-7-10-16-24)28-29(47-23-46-28)27(25-17-11-8-12-18-25)31(30)49-33(43)39-20-14-22-41-35(45)51-37(4,5)6/h7-12,15-18,30-31H,13-14,19-23H2,1-6H3,(H,38,42)(H,39,43)(H,40,44)(H,41,45). The first kappa shape index (κ1) is 38.4. The maximum Gasteiger partial charge on any atom is 0.407 e. The fourth-order valence-corrected chi connectivity index (χ4v) is 5.19. The van der Waals surface area contributed by atoms with Crippen molar-refractivity contribution in [2.75, 3.05) is 33.0 Å². The Bertz CT molecular complexity index is 1460. The molecule has 2 aliphatic rings. The van der Waals surface area contributed by atoms with Crippen LogP contribution in [0.25, 0.3) is 11.1 Å². The molecule has 14 nitrogen and oxygen atoms in total. The van der Waals surface area contributed by atoms with E-state index < -0.39 is 47.8 Å². The lowest BCUT2D eigenvalue weighted by Crippen LogP contribution is -2.44. The van der Waals surface area contributed by atoms with E-state index in [1.807, 2.05) is 60.7 Å². The molecule has 0 bridgehead atoms. The summed E-state index contributed by atoms with van der Waals surface area (Å²) in [6.45, 7) is 11.4. The fourth-order valence-electron chi connectivity index (χ4n) is 5.19. The van der Waals surface area contributed by atoms with Crippen molar-refractivity contribution in [3.05, 3.63) is 83.3 Å². The van der Waals surface area contributed by atoms with Crippen molar-refractivity contribution in [2.24, 2.45) is 0 Å². The summed E-state index contributed by atoms with van der Waals surface area (Å²) >= 11 is 0. The first-order valence-corrected chi connectivity index (χ1v) is 16.9. The highest BCUT2D eigenvalue weighted by molar-refractivity contribution is 5.89. The number of ether oxygens (including phenoxy) is 6. The van der Waals surface area contributed by atoms with Crippen LogP contribution in [0.1, 0.15) is 65.5 Å². The van der Waals surface area contributed by atoms with Gasteiger partial charge in [-0.25, -0.2) is 19.2 Å². The van der Waals surface area contributed by atoms with Gasteiger partial charge in [-0.3, -0.25) is 0 Å². The number of nitrogens with one attached hydrogen (secondary N) is 4. The molecular formula is C37H48N4O10. The average molecular weight is 709 g/mol. The third-order valence-corrected chi connectivity index (χ3v) is 7.17. The van der Waals surface area contributed by atoms with E-state index in [1.165, 1.54) is 0 Å². The van der Waals surface area contributed by atoms with Gasteiger partial charge in [-0.05, 0) is 65.5 Å². The van der Waals surface area contributed by atoms with E-state index in [9.17, 15) is 19.2 Å². The number of hydrogen-bond acceptors (Lipinski definition) is 10. The maximum atomic E-state index is 13.4. The second-order valence-corrected chi connectivity index (χ2v) is 13.7. The Hall–Kier alpha value is -5.40. The van der Waals surface area contributed by atoms with E-state index in [0.29, 0.717) is 46.6 Å². The SMILES string of the molecule is CC(C)(C)OC(=O)NCCCNC(=O)OC1C(c2ccccc2)=C2OCOC2=C(c2ccccc2)C1OC(=O)NCCCNC(=O)OC(C)(C)C. The van der Waals surface area contributed by atoms with Crippen LogP contribution in [0.5, 0.6) is 0 Å². The Morgan fingerprint density at radius 3 is 1.24 bits per heavy atom. The number of carbonyl (C=O) groups excluding carboxylic acids is 4. The Balaban J connectivity index is 1.53. The molecule has 0 radical (unpaired) electrons. The smallest absolute Gasteiger partial charge is 0.407 e. The van der Waals surface area contributed by atoms with Crippen molar-refractivity contribution in [1.82, 2.24) is 21.3 Å². The summed E-state index contributed by atoms with van der Waals surface area (Å²) < 4.78 is 34.6. The summed E-state index contributed by atoms with van der Waals surface area (Å²) in [4.78, 5) is 50.7. The number of rotatable bonds is 12.